The molecule has 0 radical (unpaired) electrons. The van der Waals surface area contributed by atoms with Gasteiger partial charge < -0.3 is 14.5 Å². The Bertz CT molecular complexity index is 1440. The van der Waals surface area contributed by atoms with E-state index in [0.717, 1.165) is 16.7 Å². The molecule has 0 spiro atoms. The van der Waals surface area contributed by atoms with Gasteiger partial charge in [-0.25, -0.2) is 13.9 Å². The Morgan fingerprint density at radius 1 is 1.08 bits per heavy atom. The zero-order valence-corrected chi connectivity index (χ0v) is 23.8. The third-order valence-corrected chi connectivity index (χ3v) is 6.76. The summed E-state index contributed by atoms with van der Waals surface area (Å²) in [6.45, 7) is 11.1. The van der Waals surface area contributed by atoms with Crippen LogP contribution in [0.15, 0.2) is 53.3 Å². The van der Waals surface area contributed by atoms with Crippen LogP contribution in [-0.2, 0) is 11.3 Å². The molecule has 0 unspecified atom stereocenters. The Hall–Kier alpha value is -3.65. The third-order valence-electron chi connectivity index (χ3n) is 6.51. The number of benzene rings is 2. The summed E-state index contributed by atoms with van der Waals surface area (Å²) in [7, 11) is 0. The van der Waals surface area contributed by atoms with Crippen LogP contribution < -0.4 is 10.5 Å². The fourth-order valence-corrected chi connectivity index (χ4v) is 4.63. The summed E-state index contributed by atoms with van der Waals surface area (Å²) in [6, 6.07) is 12.2. The smallest absolute Gasteiger partial charge is 0.410 e. The predicted octanol–water partition coefficient (Wildman–Crippen LogP) is 6.09. The number of aromatic nitrogens is 2. The molecule has 0 bridgehead atoms. The Morgan fingerprint density at radius 2 is 1.74 bits per heavy atom. The lowest BCUT2D eigenvalue weighted by Gasteiger charge is -2.37. The number of hydrogen-bond acceptors (Lipinski definition) is 5. The Balaban J connectivity index is 1.67. The van der Waals surface area contributed by atoms with Gasteiger partial charge >= 0.3 is 6.09 Å². The van der Waals surface area contributed by atoms with Crippen LogP contribution in [0, 0.1) is 19.7 Å². The maximum Gasteiger partial charge on any atom is 0.410 e. The van der Waals surface area contributed by atoms with Crippen molar-refractivity contribution in [3.63, 3.8) is 0 Å². The lowest BCUT2D eigenvalue weighted by atomic mass is 10.0. The highest BCUT2D eigenvalue weighted by molar-refractivity contribution is 6.30. The molecule has 3 aromatic rings. The van der Waals surface area contributed by atoms with E-state index in [1.54, 1.807) is 24.0 Å². The molecule has 0 saturated carbocycles. The van der Waals surface area contributed by atoms with Crippen molar-refractivity contribution in [3.05, 3.63) is 86.4 Å². The summed E-state index contributed by atoms with van der Waals surface area (Å²) in [6.07, 6.45) is 3.42. The molecule has 0 N–H and O–H groups in total. The summed E-state index contributed by atoms with van der Waals surface area (Å²) >= 11 is 5.98. The highest BCUT2D eigenvalue weighted by Crippen LogP contribution is 2.28. The van der Waals surface area contributed by atoms with Crippen LogP contribution in [0.4, 0.5) is 14.9 Å². The number of carbonyl (C=O) groups is 1. The highest BCUT2D eigenvalue weighted by Gasteiger charge is 2.29. The molecule has 2 aromatic carbocycles. The molecule has 0 aliphatic carbocycles. The van der Waals surface area contributed by atoms with E-state index in [9.17, 15) is 14.0 Å². The maximum atomic E-state index is 14.0. The summed E-state index contributed by atoms with van der Waals surface area (Å²) in [4.78, 5) is 29.9. The third kappa shape index (κ3) is 6.87. The lowest BCUT2D eigenvalue weighted by Crippen LogP contribution is -2.51. The Morgan fingerprint density at radius 3 is 2.36 bits per heavy atom. The maximum absolute atomic E-state index is 14.0. The van der Waals surface area contributed by atoms with E-state index < -0.39 is 5.60 Å². The van der Waals surface area contributed by atoms with Gasteiger partial charge in [0.05, 0.1) is 12.2 Å². The van der Waals surface area contributed by atoms with Crippen molar-refractivity contribution >= 4 is 29.5 Å². The largest absolute Gasteiger partial charge is 0.444 e. The van der Waals surface area contributed by atoms with Gasteiger partial charge in [0.2, 0.25) is 0 Å². The molecule has 4 rings (SSSR count). The number of ether oxygens (including phenoxy) is 1. The summed E-state index contributed by atoms with van der Waals surface area (Å²) in [5.74, 6) is -0.297. The number of nitrogens with zero attached hydrogens (tertiary/aromatic N) is 4. The van der Waals surface area contributed by atoms with Crippen LogP contribution in [-0.4, -0.2) is 52.6 Å². The van der Waals surface area contributed by atoms with Gasteiger partial charge in [-0.1, -0.05) is 35.9 Å². The van der Waals surface area contributed by atoms with Gasteiger partial charge in [-0.2, -0.15) is 5.10 Å². The zero-order chi connectivity index (χ0) is 28.3. The SMILES string of the molecule is Cc1cc(-c2nn(CC=Cc3ccc(Cl)cc3)c(=O)c(N3CCN(C(=O)OC(C)(C)C)CC3)c2C)ccc1F. The quantitative estimate of drug-likeness (QED) is 0.383. The van der Waals surface area contributed by atoms with E-state index >= 15 is 0 Å². The van der Waals surface area contributed by atoms with Crippen molar-refractivity contribution in [2.75, 3.05) is 31.1 Å². The minimum absolute atomic E-state index is 0.221. The molecule has 206 valence electrons. The van der Waals surface area contributed by atoms with Gasteiger partial charge in [-0.15, -0.1) is 0 Å². The first kappa shape index (κ1) is 28.4. The molecule has 9 heteroatoms. The van der Waals surface area contributed by atoms with Crippen molar-refractivity contribution in [3.8, 4) is 11.3 Å². The molecular weight excluding hydrogens is 519 g/mol. The molecule has 2 heterocycles. The number of halogens is 2. The molecule has 39 heavy (non-hydrogen) atoms. The lowest BCUT2D eigenvalue weighted by molar-refractivity contribution is 0.0240. The predicted molar refractivity (Wildman–Crippen MR) is 154 cm³/mol. The van der Waals surface area contributed by atoms with E-state index in [2.05, 4.69) is 0 Å². The van der Waals surface area contributed by atoms with Crippen LogP contribution in [0.5, 0.6) is 0 Å². The molecular formula is C30H34ClFN4O3. The van der Waals surface area contributed by atoms with Crippen LogP contribution in [0.1, 0.15) is 37.5 Å². The first-order chi connectivity index (χ1) is 18.4. The van der Waals surface area contributed by atoms with Crippen LogP contribution in [0.25, 0.3) is 17.3 Å². The molecule has 1 saturated heterocycles. The van der Waals surface area contributed by atoms with E-state index in [-0.39, 0.29) is 24.0 Å². The summed E-state index contributed by atoms with van der Waals surface area (Å²) in [5.41, 5.74) is 3.25. The highest BCUT2D eigenvalue weighted by atomic mass is 35.5. The molecule has 1 fully saturated rings. The number of rotatable bonds is 5. The second-order valence-corrected chi connectivity index (χ2v) is 11.1. The second kappa shape index (κ2) is 11.6. The average molecular weight is 553 g/mol. The number of piperazine rings is 1. The molecule has 1 aromatic heterocycles. The average Bonchev–Trinajstić information content (AvgIpc) is 2.88. The normalized spacial score (nSPS) is 14.2. The van der Waals surface area contributed by atoms with Gasteiger partial charge in [0.15, 0.2) is 0 Å². The van der Waals surface area contributed by atoms with Gasteiger partial charge in [-0.3, -0.25) is 4.79 Å². The zero-order valence-electron chi connectivity index (χ0n) is 23.0. The number of hydrogen-bond donors (Lipinski definition) is 0. The minimum Gasteiger partial charge on any atom is -0.444 e. The number of anilines is 1. The van der Waals surface area contributed by atoms with Crippen molar-refractivity contribution in [1.82, 2.24) is 14.7 Å². The fourth-order valence-electron chi connectivity index (χ4n) is 4.50. The van der Waals surface area contributed by atoms with E-state index in [1.807, 2.05) is 69.0 Å². The Labute approximate surface area is 233 Å². The van der Waals surface area contributed by atoms with Gasteiger partial charge in [0, 0.05) is 42.3 Å². The first-order valence-corrected chi connectivity index (χ1v) is 13.3. The summed E-state index contributed by atoms with van der Waals surface area (Å²) < 4.78 is 21.0. The van der Waals surface area contributed by atoms with Crippen molar-refractivity contribution < 1.29 is 13.9 Å². The molecule has 1 aliphatic rings. The summed E-state index contributed by atoms with van der Waals surface area (Å²) in [5, 5.41) is 5.35. The second-order valence-electron chi connectivity index (χ2n) is 10.7. The molecule has 0 atom stereocenters. The number of carbonyl (C=O) groups excluding carboxylic acids is 1. The van der Waals surface area contributed by atoms with E-state index in [1.165, 1.54) is 10.7 Å². The van der Waals surface area contributed by atoms with Crippen molar-refractivity contribution in [2.45, 2.75) is 46.8 Å². The Kier molecular flexibility index (Phi) is 8.45. The van der Waals surface area contributed by atoms with E-state index in [0.29, 0.717) is 48.1 Å². The van der Waals surface area contributed by atoms with Gasteiger partial charge in [0.1, 0.15) is 17.1 Å². The number of aryl methyl sites for hydroxylation is 1. The molecule has 1 amide bonds. The molecule has 7 nitrogen and oxygen atoms in total. The van der Waals surface area contributed by atoms with Crippen LogP contribution >= 0.6 is 11.6 Å². The number of amides is 1. The van der Waals surface area contributed by atoms with Crippen LogP contribution in [0.3, 0.4) is 0 Å². The van der Waals surface area contributed by atoms with Crippen LogP contribution in [0.2, 0.25) is 5.02 Å². The standard InChI is InChI=1S/C30H34ClFN4O3/c1-20-19-23(10-13-25(20)32)26-21(2)27(34-15-17-35(18-16-34)29(38)39-30(3,4)5)28(37)36(33-26)14-6-7-22-8-11-24(31)12-9-22/h6-13,19H,14-18H2,1-5H3. The van der Waals surface area contributed by atoms with E-state index in [4.69, 9.17) is 21.4 Å². The van der Waals surface area contributed by atoms with Crippen molar-refractivity contribution in [1.29, 1.82) is 0 Å². The minimum atomic E-state index is -0.578. The monoisotopic (exact) mass is 552 g/mol. The molecule has 1 aliphatic heterocycles. The van der Waals surface area contributed by atoms with Gasteiger partial charge in [-0.05, 0) is 76.1 Å². The van der Waals surface area contributed by atoms with Gasteiger partial charge in [0.25, 0.3) is 5.56 Å². The topological polar surface area (TPSA) is 67.7 Å². The fraction of sp³-hybridized carbons (Fsp3) is 0.367. The first-order valence-electron chi connectivity index (χ1n) is 13.0. The van der Waals surface area contributed by atoms with Crippen molar-refractivity contribution in [2.24, 2.45) is 0 Å². The number of allylic oxidation sites excluding steroid dienone is 1.